The number of alkyl halides is 5. The minimum atomic E-state index is -4.98. The highest BCUT2D eigenvalue weighted by Crippen LogP contribution is 2.54. The predicted molar refractivity (Wildman–Crippen MR) is 85.9 cm³/mol. The summed E-state index contributed by atoms with van der Waals surface area (Å²) in [6, 6.07) is 0. The van der Waals surface area contributed by atoms with Crippen molar-refractivity contribution in [2.45, 2.75) is 12.6 Å². The number of hydrogen-bond donors (Lipinski definition) is 3. The molecule has 0 rings (SSSR count). The molecular formula is C11H20Cl2F3N3O4P+. The van der Waals surface area contributed by atoms with E-state index < -0.39 is 20.1 Å². The lowest BCUT2D eigenvalue weighted by atomic mass is 10.5. The van der Waals surface area contributed by atoms with Crippen molar-refractivity contribution in [2.24, 2.45) is 0 Å². The van der Waals surface area contributed by atoms with Gasteiger partial charge in [0.1, 0.15) is 12.9 Å². The van der Waals surface area contributed by atoms with Crippen LogP contribution in [0, 0.1) is 0 Å². The van der Waals surface area contributed by atoms with Crippen LogP contribution < -0.4 is 10.4 Å². The Bertz CT molecular complexity index is 390. The van der Waals surface area contributed by atoms with E-state index in [1.54, 1.807) is 5.32 Å². The van der Waals surface area contributed by atoms with Gasteiger partial charge >= 0.3 is 20.1 Å². The highest BCUT2D eigenvalue weighted by molar-refractivity contribution is 7.61. The second-order valence-corrected chi connectivity index (χ2v) is 7.31. The monoisotopic (exact) mass is 416 g/mol. The van der Waals surface area contributed by atoms with Crippen molar-refractivity contribution in [2.75, 3.05) is 44.5 Å². The summed E-state index contributed by atoms with van der Waals surface area (Å²) >= 11 is 11.3. The molecule has 0 aliphatic carbocycles. The van der Waals surface area contributed by atoms with Crippen LogP contribution >= 0.6 is 31.2 Å². The number of amides is 1. The van der Waals surface area contributed by atoms with E-state index in [9.17, 15) is 27.7 Å². The van der Waals surface area contributed by atoms with E-state index in [0.29, 0.717) is 6.29 Å². The van der Waals surface area contributed by atoms with Crippen LogP contribution in [0.15, 0.2) is 0 Å². The molecule has 0 aromatic carbocycles. The minimum Gasteiger partial charge on any atom is -0.347 e. The normalized spacial score (nSPS) is 14.5. The van der Waals surface area contributed by atoms with Crippen LogP contribution in [0.25, 0.3) is 0 Å². The number of carbonyl (C=O) groups excluding carboxylic acids is 2. The lowest BCUT2D eigenvalue weighted by Gasteiger charge is -2.28. The molecule has 0 aliphatic rings. The third-order valence-electron chi connectivity index (χ3n) is 2.56. The standard InChI is InChI=1S/C11H19Cl2F3N3O4P/c12-2-6-19(7-3-13)24(22,23-9-1-8-20)18-5-4-17-10(21)11(14,15)16/h8,18,22H,1-7,9H2/p+1. The molecule has 0 fully saturated rings. The van der Waals surface area contributed by atoms with Crippen molar-refractivity contribution in [1.82, 2.24) is 15.1 Å². The average Bonchev–Trinajstić information content (AvgIpc) is 2.50. The van der Waals surface area contributed by atoms with Gasteiger partial charge in [0.15, 0.2) is 0 Å². The highest BCUT2D eigenvalue weighted by atomic mass is 35.5. The van der Waals surface area contributed by atoms with Gasteiger partial charge in [-0.1, -0.05) is 0 Å². The average molecular weight is 417 g/mol. The van der Waals surface area contributed by atoms with E-state index in [2.05, 4.69) is 5.09 Å². The maximum atomic E-state index is 12.1. The minimum absolute atomic E-state index is 0.0321. The number of carbonyl (C=O) groups is 2. The summed E-state index contributed by atoms with van der Waals surface area (Å²) < 4.78 is 43.0. The molecule has 0 aromatic rings. The molecule has 0 saturated heterocycles. The predicted octanol–water partition coefficient (Wildman–Crippen LogP) is 1.31. The smallest absolute Gasteiger partial charge is 0.347 e. The van der Waals surface area contributed by atoms with Crippen molar-refractivity contribution in [3.05, 3.63) is 0 Å². The molecule has 0 bridgehead atoms. The molecule has 1 atom stereocenters. The Morgan fingerprint density at radius 2 is 1.83 bits per heavy atom. The largest absolute Gasteiger partial charge is 0.471 e. The Kier molecular flexibility index (Phi) is 12.1. The fourth-order valence-corrected chi connectivity index (χ4v) is 4.11. The maximum absolute atomic E-state index is 12.1. The number of halogens is 5. The summed E-state index contributed by atoms with van der Waals surface area (Å²) in [7, 11) is -3.42. The molecule has 0 aromatic heterocycles. The van der Waals surface area contributed by atoms with Crippen molar-refractivity contribution in [3.63, 3.8) is 0 Å². The molecule has 0 aliphatic heterocycles. The van der Waals surface area contributed by atoms with Gasteiger partial charge in [-0.3, -0.25) is 4.79 Å². The molecule has 1 unspecified atom stereocenters. The summed E-state index contributed by atoms with van der Waals surface area (Å²) in [5.41, 5.74) is 0. The molecule has 1 amide bonds. The van der Waals surface area contributed by atoms with Gasteiger partial charge in [-0.15, -0.1) is 33.0 Å². The van der Waals surface area contributed by atoms with Crippen molar-refractivity contribution < 1.29 is 32.2 Å². The zero-order valence-corrected chi connectivity index (χ0v) is 15.1. The lowest BCUT2D eigenvalue weighted by Crippen LogP contribution is -2.42. The van der Waals surface area contributed by atoms with Gasteiger partial charge in [0.25, 0.3) is 0 Å². The first-order valence-corrected chi connectivity index (χ1v) is 9.57. The number of nitrogens with zero attached hydrogens (tertiary/aromatic N) is 1. The van der Waals surface area contributed by atoms with Crippen LogP contribution in [-0.2, 0) is 14.1 Å². The van der Waals surface area contributed by atoms with Gasteiger partial charge in [-0.25, -0.2) is 0 Å². The number of nitrogens with one attached hydrogen (secondary N) is 2. The molecule has 0 spiro atoms. The van der Waals surface area contributed by atoms with Gasteiger partial charge in [0.05, 0.1) is 19.6 Å². The molecule has 7 nitrogen and oxygen atoms in total. The third-order valence-corrected chi connectivity index (χ3v) is 5.24. The summed E-state index contributed by atoms with van der Waals surface area (Å²) in [6.07, 6.45) is -4.35. The Hall–Kier alpha value is -0.220. The van der Waals surface area contributed by atoms with Gasteiger partial charge < -0.3 is 10.1 Å². The maximum Gasteiger partial charge on any atom is 0.471 e. The van der Waals surface area contributed by atoms with E-state index in [4.69, 9.17) is 27.7 Å². The molecule has 3 N–H and O–H groups in total. The van der Waals surface area contributed by atoms with E-state index in [-0.39, 0.29) is 51.0 Å². The Balaban J connectivity index is 4.68. The summed E-state index contributed by atoms with van der Waals surface area (Å²) in [5.74, 6) is -1.77. The summed E-state index contributed by atoms with van der Waals surface area (Å²) in [4.78, 5) is 31.7. The molecule has 0 saturated carbocycles. The highest BCUT2D eigenvalue weighted by Gasteiger charge is 2.46. The molecule has 24 heavy (non-hydrogen) atoms. The second kappa shape index (κ2) is 12.2. The fraction of sp³-hybridized carbons (Fsp3) is 0.818. The van der Waals surface area contributed by atoms with Crippen molar-refractivity contribution in [3.8, 4) is 0 Å². The lowest BCUT2D eigenvalue weighted by molar-refractivity contribution is -0.173. The number of hydrogen-bond acceptors (Lipinski definition) is 6. The zero-order chi connectivity index (χ0) is 18.6. The number of aldehydes is 1. The fourth-order valence-electron chi connectivity index (χ4n) is 1.51. The third kappa shape index (κ3) is 9.31. The zero-order valence-electron chi connectivity index (χ0n) is 12.7. The van der Waals surface area contributed by atoms with Crippen LogP contribution in [-0.4, -0.2) is 72.5 Å². The quantitative estimate of drug-likeness (QED) is 0.181. The van der Waals surface area contributed by atoms with E-state index in [1.165, 1.54) is 4.67 Å². The van der Waals surface area contributed by atoms with E-state index >= 15 is 0 Å². The number of rotatable bonds is 13. The van der Waals surface area contributed by atoms with Crippen LogP contribution in [0.5, 0.6) is 0 Å². The second-order valence-electron chi connectivity index (χ2n) is 4.33. The molecule has 0 heterocycles. The molecule has 142 valence electrons. The molecule has 13 heteroatoms. The SMILES string of the molecule is O=CCCO[P+](O)(NCCNC(=O)C(F)(F)F)N(CCCl)CCCl. The van der Waals surface area contributed by atoms with Crippen LogP contribution in [0.3, 0.4) is 0 Å². The topological polar surface area (TPSA) is 90.9 Å². The summed E-state index contributed by atoms with van der Waals surface area (Å²) in [6.45, 7) is -0.235. The van der Waals surface area contributed by atoms with E-state index in [0.717, 1.165) is 0 Å². The van der Waals surface area contributed by atoms with Gasteiger partial charge in [-0.2, -0.15) is 22.6 Å². The van der Waals surface area contributed by atoms with Crippen molar-refractivity contribution >= 4 is 43.4 Å². The van der Waals surface area contributed by atoms with Gasteiger partial charge in [0, 0.05) is 24.7 Å². The van der Waals surface area contributed by atoms with Gasteiger partial charge in [0.2, 0.25) is 0 Å². The first-order chi connectivity index (χ1) is 11.2. The van der Waals surface area contributed by atoms with Crippen LogP contribution in [0.4, 0.5) is 13.2 Å². The summed E-state index contributed by atoms with van der Waals surface area (Å²) in [5, 5.41) is 4.25. The van der Waals surface area contributed by atoms with Gasteiger partial charge in [-0.05, 0) is 0 Å². The van der Waals surface area contributed by atoms with Crippen LogP contribution in [0.2, 0.25) is 0 Å². The first kappa shape index (κ1) is 23.8. The van der Waals surface area contributed by atoms with E-state index in [1.807, 2.05) is 0 Å². The molecule has 0 radical (unpaired) electrons. The van der Waals surface area contributed by atoms with Crippen molar-refractivity contribution in [1.29, 1.82) is 0 Å². The Morgan fingerprint density at radius 3 is 2.29 bits per heavy atom. The Morgan fingerprint density at radius 1 is 1.25 bits per heavy atom. The Labute approximate surface area is 148 Å². The van der Waals surface area contributed by atoms with Crippen LogP contribution in [0.1, 0.15) is 6.42 Å². The molecular weight excluding hydrogens is 397 g/mol. The first-order valence-electron chi connectivity index (χ1n) is 6.88.